The molecule has 2 fully saturated rings. The van der Waals surface area contributed by atoms with E-state index in [4.69, 9.17) is 9.47 Å². The number of nitrogens with zero attached hydrogens (tertiary/aromatic N) is 2. The van der Waals surface area contributed by atoms with Gasteiger partial charge in [-0.3, -0.25) is 14.5 Å². The Balaban J connectivity index is 1.39. The van der Waals surface area contributed by atoms with Gasteiger partial charge in [-0.15, -0.1) is 0 Å². The van der Waals surface area contributed by atoms with E-state index in [1.807, 2.05) is 32.0 Å². The van der Waals surface area contributed by atoms with Crippen LogP contribution in [0, 0.1) is 13.8 Å². The van der Waals surface area contributed by atoms with Crippen molar-refractivity contribution in [3.8, 4) is 5.75 Å². The topological polar surface area (TPSA) is 76.1 Å². The van der Waals surface area contributed by atoms with Gasteiger partial charge in [0.25, 0.3) is 5.91 Å². The number of hydrogen-bond donors (Lipinski definition) is 0. The SMILES string of the molecule is Cc1ccc(C)c(OCCOC(=O)C23CCC(=O)N2c2ccccc2C(=O)N3C2CC2)c1. The summed E-state index contributed by atoms with van der Waals surface area (Å²) in [5, 5.41) is 0. The van der Waals surface area contributed by atoms with E-state index in [1.165, 1.54) is 4.90 Å². The number of carbonyl (C=O) groups excluding carboxylic acids is 3. The average Bonchev–Trinajstić information content (AvgIpc) is 3.56. The number of aryl methyl sites for hydroxylation is 2. The van der Waals surface area contributed by atoms with Crippen LogP contribution in [-0.4, -0.2) is 47.6 Å². The molecule has 1 saturated heterocycles. The smallest absolute Gasteiger partial charge is 0.353 e. The number of hydrogen-bond acceptors (Lipinski definition) is 5. The maximum absolute atomic E-state index is 13.5. The maximum Gasteiger partial charge on any atom is 0.353 e. The Hall–Kier alpha value is -3.35. The molecule has 2 heterocycles. The van der Waals surface area contributed by atoms with Gasteiger partial charge >= 0.3 is 5.97 Å². The molecule has 0 radical (unpaired) electrons. The Kier molecular flexibility index (Phi) is 4.92. The lowest BCUT2D eigenvalue weighted by molar-refractivity contribution is -0.158. The third-order valence-corrected chi connectivity index (χ3v) is 6.46. The lowest BCUT2D eigenvalue weighted by Crippen LogP contribution is -2.69. The quantitative estimate of drug-likeness (QED) is 0.515. The molecule has 0 N–H and O–H groups in total. The molecule has 1 atom stereocenters. The minimum atomic E-state index is -1.41. The first-order valence-electron chi connectivity index (χ1n) is 11.1. The molecule has 0 spiro atoms. The number of fused-ring (bicyclic) bond motifs is 3. The lowest BCUT2D eigenvalue weighted by Gasteiger charge is -2.48. The van der Waals surface area contributed by atoms with E-state index in [2.05, 4.69) is 0 Å². The Morgan fingerprint density at radius 3 is 2.66 bits per heavy atom. The standard InChI is InChI=1S/C25H26N2O5/c1-16-7-8-17(2)21(15-16)31-13-14-32-24(30)25-12-11-22(28)27(25)20-6-4-3-5-19(20)23(29)26(25)18-9-10-18/h3-8,15,18H,9-14H2,1-2H3. The predicted octanol–water partition coefficient (Wildman–Crippen LogP) is 3.37. The van der Waals surface area contributed by atoms with Crippen molar-refractivity contribution in [1.82, 2.24) is 4.90 Å². The molecule has 2 aromatic rings. The van der Waals surface area contributed by atoms with Gasteiger partial charge in [-0.1, -0.05) is 24.3 Å². The first-order valence-corrected chi connectivity index (χ1v) is 11.1. The second-order valence-electron chi connectivity index (χ2n) is 8.72. The van der Waals surface area contributed by atoms with Gasteiger partial charge in [-0.25, -0.2) is 4.79 Å². The van der Waals surface area contributed by atoms with Gasteiger partial charge in [-0.2, -0.15) is 0 Å². The van der Waals surface area contributed by atoms with E-state index in [9.17, 15) is 14.4 Å². The molecule has 1 unspecified atom stereocenters. The molecule has 166 valence electrons. The van der Waals surface area contributed by atoms with Crippen molar-refractivity contribution in [3.05, 3.63) is 59.2 Å². The second kappa shape index (κ2) is 7.65. The van der Waals surface area contributed by atoms with Crippen molar-refractivity contribution in [2.75, 3.05) is 18.1 Å². The third-order valence-electron chi connectivity index (χ3n) is 6.46. The van der Waals surface area contributed by atoms with Crippen LogP contribution in [0.15, 0.2) is 42.5 Å². The third kappa shape index (κ3) is 3.15. The van der Waals surface area contributed by atoms with Gasteiger partial charge in [-0.05, 0) is 56.0 Å². The molecule has 1 aliphatic carbocycles. The van der Waals surface area contributed by atoms with E-state index >= 15 is 0 Å². The predicted molar refractivity (Wildman–Crippen MR) is 117 cm³/mol. The number of amides is 2. The van der Waals surface area contributed by atoms with Crippen LogP contribution in [0.3, 0.4) is 0 Å². The average molecular weight is 434 g/mol. The number of esters is 1. The van der Waals surface area contributed by atoms with Crippen molar-refractivity contribution in [3.63, 3.8) is 0 Å². The van der Waals surface area contributed by atoms with Crippen LogP contribution < -0.4 is 9.64 Å². The van der Waals surface area contributed by atoms with Crippen molar-refractivity contribution >= 4 is 23.5 Å². The number of carbonyl (C=O) groups is 3. The molecule has 2 aliphatic heterocycles. The second-order valence-corrected chi connectivity index (χ2v) is 8.72. The van der Waals surface area contributed by atoms with Gasteiger partial charge in [0.15, 0.2) is 0 Å². The molecule has 2 amide bonds. The summed E-state index contributed by atoms with van der Waals surface area (Å²) in [5.41, 5.74) is 1.61. The molecule has 2 aromatic carbocycles. The summed E-state index contributed by atoms with van der Waals surface area (Å²) < 4.78 is 11.5. The number of rotatable bonds is 6. The fourth-order valence-electron chi connectivity index (χ4n) is 4.78. The molecule has 0 aromatic heterocycles. The molecule has 3 aliphatic rings. The highest BCUT2D eigenvalue weighted by Gasteiger charge is 2.64. The number of ether oxygens (including phenoxy) is 2. The summed E-state index contributed by atoms with van der Waals surface area (Å²) in [4.78, 5) is 42.9. The summed E-state index contributed by atoms with van der Waals surface area (Å²) in [7, 11) is 0. The first-order chi connectivity index (χ1) is 15.4. The first kappa shape index (κ1) is 20.5. The Morgan fingerprint density at radius 1 is 1.09 bits per heavy atom. The number of para-hydroxylation sites is 1. The van der Waals surface area contributed by atoms with Crippen molar-refractivity contribution in [1.29, 1.82) is 0 Å². The molecular weight excluding hydrogens is 408 g/mol. The van der Waals surface area contributed by atoms with Crippen molar-refractivity contribution in [2.45, 2.75) is 51.2 Å². The highest BCUT2D eigenvalue weighted by molar-refractivity contribution is 6.15. The largest absolute Gasteiger partial charge is 0.490 e. The van der Waals surface area contributed by atoms with E-state index in [0.29, 0.717) is 11.3 Å². The zero-order chi connectivity index (χ0) is 22.5. The van der Waals surface area contributed by atoms with Crippen molar-refractivity contribution < 1.29 is 23.9 Å². The maximum atomic E-state index is 13.5. The van der Waals surface area contributed by atoms with Crippen LogP contribution in [0.2, 0.25) is 0 Å². The number of benzene rings is 2. The van der Waals surface area contributed by atoms with Gasteiger partial charge in [0.05, 0.1) is 11.3 Å². The van der Waals surface area contributed by atoms with Crippen LogP contribution in [0.4, 0.5) is 5.69 Å². The van der Waals surface area contributed by atoms with E-state index in [1.54, 1.807) is 29.2 Å². The minimum Gasteiger partial charge on any atom is -0.490 e. The minimum absolute atomic E-state index is 0.0321. The lowest BCUT2D eigenvalue weighted by atomic mass is 9.96. The fourth-order valence-corrected chi connectivity index (χ4v) is 4.78. The Bertz CT molecular complexity index is 1110. The zero-order valence-corrected chi connectivity index (χ0v) is 18.3. The zero-order valence-electron chi connectivity index (χ0n) is 18.3. The van der Waals surface area contributed by atoms with Crippen molar-refractivity contribution in [2.24, 2.45) is 0 Å². The van der Waals surface area contributed by atoms with Gasteiger partial charge < -0.3 is 14.4 Å². The van der Waals surface area contributed by atoms with Crippen LogP contribution in [-0.2, 0) is 14.3 Å². The molecule has 7 heteroatoms. The summed E-state index contributed by atoms with van der Waals surface area (Å²) in [5.74, 6) is -0.197. The Morgan fingerprint density at radius 2 is 1.88 bits per heavy atom. The van der Waals surface area contributed by atoms with Gasteiger partial charge in [0, 0.05) is 18.9 Å². The van der Waals surface area contributed by atoms with Gasteiger partial charge in [0.1, 0.15) is 19.0 Å². The van der Waals surface area contributed by atoms with Crippen LogP contribution in [0.5, 0.6) is 5.75 Å². The summed E-state index contributed by atoms with van der Waals surface area (Å²) >= 11 is 0. The fraction of sp³-hybridized carbons (Fsp3) is 0.400. The molecule has 0 bridgehead atoms. The normalized spacial score (nSPS) is 21.9. The molecular formula is C25H26N2O5. The summed E-state index contributed by atoms with van der Waals surface area (Å²) in [6, 6.07) is 12.9. The van der Waals surface area contributed by atoms with E-state index in [0.717, 1.165) is 29.7 Å². The molecule has 5 rings (SSSR count). The van der Waals surface area contributed by atoms with E-state index < -0.39 is 11.6 Å². The van der Waals surface area contributed by atoms with E-state index in [-0.39, 0.29) is 43.9 Å². The Labute approximate surface area is 186 Å². The highest BCUT2D eigenvalue weighted by atomic mass is 16.6. The summed E-state index contributed by atoms with van der Waals surface area (Å²) in [6.07, 6.45) is 2.07. The highest BCUT2D eigenvalue weighted by Crippen LogP contribution is 2.49. The molecule has 1 saturated carbocycles. The van der Waals surface area contributed by atoms with Crippen LogP contribution >= 0.6 is 0 Å². The monoisotopic (exact) mass is 434 g/mol. The van der Waals surface area contributed by atoms with Crippen LogP contribution in [0.1, 0.15) is 47.2 Å². The summed E-state index contributed by atoms with van der Waals surface area (Å²) in [6.45, 7) is 4.17. The molecule has 7 nitrogen and oxygen atoms in total. The molecule has 32 heavy (non-hydrogen) atoms. The van der Waals surface area contributed by atoms with Gasteiger partial charge in [0.2, 0.25) is 11.6 Å². The number of anilines is 1. The van der Waals surface area contributed by atoms with Crippen LogP contribution in [0.25, 0.3) is 0 Å².